The second kappa shape index (κ2) is 7.40. The van der Waals surface area contributed by atoms with Crippen LogP contribution in [0.2, 0.25) is 0 Å². The van der Waals surface area contributed by atoms with Crippen molar-refractivity contribution in [3.8, 4) is 0 Å². The van der Waals surface area contributed by atoms with Gasteiger partial charge in [0, 0.05) is 9.26 Å². The van der Waals surface area contributed by atoms with E-state index < -0.39 is 5.97 Å². The zero-order chi connectivity index (χ0) is 16.1. The minimum Gasteiger partial charge on any atom is -0.452 e. The first kappa shape index (κ1) is 16.5. The maximum atomic E-state index is 11.9. The third-order valence-electron chi connectivity index (χ3n) is 3.20. The van der Waals surface area contributed by atoms with E-state index in [0.29, 0.717) is 11.3 Å². The number of carbonyl (C=O) groups excluding carboxylic acids is 2. The molecule has 2 aromatic carbocycles. The van der Waals surface area contributed by atoms with Crippen molar-refractivity contribution >= 4 is 40.2 Å². The van der Waals surface area contributed by atoms with Crippen molar-refractivity contribution in [2.24, 2.45) is 0 Å². The average molecular weight is 409 g/mol. The molecule has 22 heavy (non-hydrogen) atoms. The molecule has 0 atom stereocenters. The van der Waals surface area contributed by atoms with Gasteiger partial charge in [-0.2, -0.15) is 0 Å². The Kier molecular flexibility index (Phi) is 5.54. The second-order valence-electron chi connectivity index (χ2n) is 4.93. The van der Waals surface area contributed by atoms with E-state index in [2.05, 4.69) is 27.9 Å². The lowest BCUT2D eigenvalue weighted by Crippen LogP contribution is -2.21. The molecule has 1 N–H and O–H groups in total. The zero-order valence-corrected chi connectivity index (χ0v) is 14.5. The molecule has 4 nitrogen and oxygen atoms in total. The second-order valence-corrected chi connectivity index (χ2v) is 6.18. The summed E-state index contributed by atoms with van der Waals surface area (Å²) in [6.07, 6.45) is 0. The van der Waals surface area contributed by atoms with Crippen LogP contribution in [0.15, 0.2) is 42.5 Å². The number of aryl methyl sites for hydroxylation is 2. The van der Waals surface area contributed by atoms with Crippen molar-refractivity contribution in [2.45, 2.75) is 13.8 Å². The van der Waals surface area contributed by atoms with E-state index in [1.165, 1.54) is 0 Å². The molecule has 0 aliphatic rings. The molecule has 1 amide bonds. The van der Waals surface area contributed by atoms with Gasteiger partial charge in [-0.15, -0.1) is 0 Å². The van der Waals surface area contributed by atoms with Gasteiger partial charge in [0.25, 0.3) is 5.91 Å². The average Bonchev–Trinajstić information content (AvgIpc) is 2.50. The first-order chi connectivity index (χ1) is 10.5. The smallest absolute Gasteiger partial charge is 0.338 e. The van der Waals surface area contributed by atoms with Crippen molar-refractivity contribution in [3.63, 3.8) is 0 Å². The summed E-state index contributed by atoms with van der Waals surface area (Å²) in [6.45, 7) is 3.59. The van der Waals surface area contributed by atoms with Gasteiger partial charge in [0.1, 0.15) is 0 Å². The molecule has 0 heterocycles. The first-order valence-corrected chi connectivity index (χ1v) is 7.83. The highest BCUT2D eigenvalue weighted by molar-refractivity contribution is 14.1. The topological polar surface area (TPSA) is 55.4 Å². The number of nitrogens with one attached hydrogen (secondary N) is 1. The van der Waals surface area contributed by atoms with Crippen LogP contribution in [0.5, 0.6) is 0 Å². The Morgan fingerprint density at radius 2 is 1.73 bits per heavy atom. The molecule has 0 unspecified atom stereocenters. The maximum Gasteiger partial charge on any atom is 0.338 e. The predicted octanol–water partition coefficient (Wildman–Crippen LogP) is 3.70. The summed E-state index contributed by atoms with van der Waals surface area (Å²) in [4.78, 5) is 23.7. The number of carbonyl (C=O) groups is 2. The molecule has 0 saturated carbocycles. The monoisotopic (exact) mass is 409 g/mol. The number of rotatable bonds is 4. The van der Waals surface area contributed by atoms with Crippen LogP contribution >= 0.6 is 22.6 Å². The lowest BCUT2D eigenvalue weighted by atomic mass is 10.1. The van der Waals surface area contributed by atoms with Crippen LogP contribution in [0.4, 0.5) is 5.69 Å². The summed E-state index contributed by atoms with van der Waals surface area (Å²) in [5.41, 5.74) is 3.24. The molecule has 5 heteroatoms. The molecule has 0 saturated heterocycles. The highest BCUT2D eigenvalue weighted by Gasteiger charge is 2.11. The van der Waals surface area contributed by atoms with Crippen molar-refractivity contribution < 1.29 is 14.3 Å². The SMILES string of the molecule is Cc1ccc(C(=O)OCC(=O)Nc2ccc(I)cc2)cc1C. The Hall–Kier alpha value is -1.89. The fourth-order valence-electron chi connectivity index (χ4n) is 1.81. The van der Waals surface area contributed by atoms with E-state index in [1.54, 1.807) is 24.3 Å². The van der Waals surface area contributed by atoms with Gasteiger partial charge in [0.05, 0.1) is 5.56 Å². The number of anilines is 1. The molecule has 2 rings (SSSR count). The Morgan fingerprint density at radius 1 is 1.05 bits per heavy atom. The van der Waals surface area contributed by atoms with E-state index >= 15 is 0 Å². The Morgan fingerprint density at radius 3 is 2.36 bits per heavy atom. The lowest BCUT2D eigenvalue weighted by molar-refractivity contribution is -0.119. The van der Waals surface area contributed by atoms with E-state index in [4.69, 9.17) is 4.74 Å². The predicted molar refractivity (Wildman–Crippen MR) is 94.0 cm³/mol. The number of hydrogen-bond donors (Lipinski definition) is 1. The molecule has 0 aliphatic carbocycles. The fraction of sp³-hybridized carbons (Fsp3) is 0.176. The van der Waals surface area contributed by atoms with Crippen molar-refractivity contribution in [1.82, 2.24) is 0 Å². The van der Waals surface area contributed by atoms with E-state index in [9.17, 15) is 9.59 Å². The van der Waals surface area contributed by atoms with Gasteiger partial charge in [0.2, 0.25) is 0 Å². The van der Waals surface area contributed by atoms with E-state index in [1.807, 2.05) is 32.0 Å². The molecule has 2 aromatic rings. The Bertz CT molecular complexity index is 696. The molecular weight excluding hydrogens is 393 g/mol. The van der Waals surface area contributed by atoms with Gasteiger partial charge in [-0.1, -0.05) is 6.07 Å². The highest BCUT2D eigenvalue weighted by Crippen LogP contribution is 2.12. The molecule has 0 radical (unpaired) electrons. The number of amides is 1. The van der Waals surface area contributed by atoms with Crippen LogP contribution in [0, 0.1) is 17.4 Å². The molecule has 0 aliphatic heterocycles. The third kappa shape index (κ3) is 4.56. The molecule has 114 valence electrons. The molecule has 0 bridgehead atoms. The van der Waals surface area contributed by atoms with Gasteiger partial charge in [0.15, 0.2) is 6.61 Å². The van der Waals surface area contributed by atoms with E-state index in [0.717, 1.165) is 14.7 Å². The molecule has 0 fully saturated rings. The highest BCUT2D eigenvalue weighted by atomic mass is 127. The number of halogens is 1. The first-order valence-electron chi connectivity index (χ1n) is 6.75. The van der Waals surface area contributed by atoms with Crippen molar-refractivity contribution in [3.05, 3.63) is 62.7 Å². The summed E-state index contributed by atoms with van der Waals surface area (Å²) in [7, 11) is 0. The van der Waals surface area contributed by atoms with Gasteiger partial charge in [-0.3, -0.25) is 4.79 Å². The summed E-state index contributed by atoms with van der Waals surface area (Å²) in [5, 5.41) is 2.68. The standard InChI is InChI=1S/C17H16INO3/c1-11-3-4-13(9-12(11)2)17(21)22-10-16(20)19-15-7-5-14(18)6-8-15/h3-9H,10H2,1-2H3,(H,19,20). The van der Waals surface area contributed by atoms with Crippen LogP contribution < -0.4 is 5.32 Å². The fourth-order valence-corrected chi connectivity index (χ4v) is 2.17. The summed E-state index contributed by atoms with van der Waals surface area (Å²) in [5.74, 6) is -0.862. The maximum absolute atomic E-state index is 11.9. The third-order valence-corrected chi connectivity index (χ3v) is 3.92. The van der Waals surface area contributed by atoms with Crippen LogP contribution in [0.1, 0.15) is 21.5 Å². The Labute approximate surface area is 143 Å². The van der Waals surface area contributed by atoms with E-state index in [-0.39, 0.29) is 12.5 Å². The van der Waals surface area contributed by atoms with Gasteiger partial charge >= 0.3 is 5.97 Å². The van der Waals surface area contributed by atoms with Crippen molar-refractivity contribution in [2.75, 3.05) is 11.9 Å². The van der Waals surface area contributed by atoms with Crippen LogP contribution in [-0.2, 0) is 9.53 Å². The Balaban J connectivity index is 1.88. The number of esters is 1. The van der Waals surface area contributed by atoms with Crippen molar-refractivity contribution in [1.29, 1.82) is 0 Å². The molecule has 0 spiro atoms. The number of ether oxygens (including phenoxy) is 1. The van der Waals surface area contributed by atoms with Crippen LogP contribution in [0.25, 0.3) is 0 Å². The van der Waals surface area contributed by atoms with Gasteiger partial charge < -0.3 is 10.1 Å². The lowest BCUT2D eigenvalue weighted by Gasteiger charge is -2.08. The van der Waals surface area contributed by atoms with Gasteiger partial charge in [-0.05, 0) is 84.0 Å². The van der Waals surface area contributed by atoms with Crippen LogP contribution in [-0.4, -0.2) is 18.5 Å². The summed E-state index contributed by atoms with van der Waals surface area (Å²) < 4.78 is 6.11. The number of hydrogen-bond acceptors (Lipinski definition) is 3. The van der Waals surface area contributed by atoms with Gasteiger partial charge in [-0.25, -0.2) is 4.79 Å². The minimum absolute atomic E-state index is 0.308. The molecular formula is C17H16INO3. The quantitative estimate of drug-likeness (QED) is 0.619. The largest absolute Gasteiger partial charge is 0.452 e. The normalized spacial score (nSPS) is 10.1. The summed E-state index contributed by atoms with van der Waals surface area (Å²) in [6, 6.07) is 12.7. The zero-order valence-electron chi connectivity index (χ0n) is 12.4. The number of benzene rings is 2. The molecule has 0 aromatic heterocycles. The van der Waals surface area contributed by atoms with Crippen LogP contribution in [0.3, 0.4) is 0 Å². The summed E-state index contributed by atoms with van der Waals surface area (Å²) >= 11 is 2.18. The minimum atomic E-state index is -0.499.